The van der Waals surface area contributed by atoms with Crippen LogP contribution in [-0.2, 0) is 10.8 Å². The molecule has 2 nitrogen and oxygen atoms in total. The van der Waals surface area contributed by atoms with Gasteiger partial charge in [-0.2, -0.15) is 0 Å². The number of nitrogens with zero attached hydrogens (tertiary/aromatic N) is 2. The molecule has 0 N–H and O–H groups in total. The Kier molecular flexibility index (Phi) is 5.73. The third-order valence-corrected chi connectivity index (χ3v) is 8.78. The van der Waals surface area contributed by atoms with E-state index >= 15 is 0 Å². The van der Waals surface area contributed by atoms with Gasteiger partial charge in [-0.25, -0.2) is 0 Å². The average molecular weight is 533 g/mol. The van der Waals surface area contributed by atoms with Gasteiger partial charge >= 0.3 is 6.98 Å². The molecule has 7 rings (SSSR count). The van der Waals surface area contributed by atoms with Crippen molar-refractivity contribution in [2.45, 2.75) is 52.4 Å². The van der Waals surface area contributed by atoms with E-state index in [1.807, 2.05) is 0 Å². The summed E-state index contributed by atoms with van der Waals surface area (Å²) in [6.45, 7) is 13.6. The quantitative estimate of drug-likeness (QED) is 0.209. The maximum atomic E-state index is 2.56. The minimum Gasteiger partial charge on any atom is -0.361 e. The molecule has 5 aromatic rings. The van der Waals surface area contributed by atoms with Crippen LogP contribution in [0.1, 0.15) is 52.7 Å². The van der Waals surface area contributed by atoms with Crippen molar-refractivity contribution in [2.24, 2.45) is 0 Å². The molecule has 202 valence electrons. The van der Waals surface area contributed by atoms with Gasteiger partial charge in [-0.3, -0.25) is 0 Å². The smallest absolute Gasteiger partial charge is 0.361 e. The second-order valence-corrected chi connectivity index (χ2v) is 13.5. The van der Waals surface area contributed by atoms with Crippen molar-refractivity contribution in [1.82, 2.24) is 0 Å². The van der Waals surface area contributed by atoms with E-state index < -0.39 is 0 Å². The third kappa shape index (κ3) is 4.10. The molecule has 5 aromatic carbocycles. The average Bonchev–Trinajstić information content (AvgIpc) is 2.97. The van der Waals surface area contributed by atoms with Crippen molar-refractivity contribution in [3.63, 3.8) is 0 Å². The summed E-state index contributed by atoms with van der Waals surface area (Å²) in [5.74, 6) is 0. The van der Waals surface area contributed by atoms with Gasteiger partial charge in [0.25, 0.3) is 0 Å². The highest BCUT2D eigenvalue weighted by atomic mass is 15.2. The van der Waals surface area contributed by atoms with Crippen molar-refractivity contribution >= 4 is 35.2 Å². The van der Waals surface area contributed by atoms with E-state index in [0.717, 1.165) is 0 Å². The van der Waals surface area contributed by atoms with Crippen LogP contribution in [0.4, 0.5) is 22.7 Å². The van der Waals surface area contributed by atoms with E-state index in [-0.39, 0.29) is 17.8 Å². The molecule has 3 heteroatoms. The van der Waals surface area contributed by atoms with Crippen LogP contribution in [0.2, 0.25) is 0 Å². The second kappa shape index (κ2) is 9.14. The highest BCUT2D eigenvalue weighted by Crippen LogP contribution is 2.48. The summed E-state index contributed by atoms with van der Waals surface area (Å²) in [4.78, 5) is 5.11. The number of hydrogen-bond donors (Lipinski definition) is 0. The van der Waals surface area contributed by atoms with Crippen molar-refractivity contribution in [3.8, 4) is 22.3 Å². The molecular formula is C38H37BN2. The molecule has 41 heavy (non-hydrogen) atoms. The van der Waals surface area contributed by atoms with E-state index in [4.69, 9.17) is 0 Å². The summed E-state index contributed by atoms with van der Waals surface area (Å²) in [7, 11) is 0. The molecule has 0 aromatic heterocycles. The number of benzene rings is 5. The molecule has 0 spiro atoms. The minimum atomic E-state index is -0.0352. The molecule has 0 aliphatic carbocycles. The van der Waals surface area contributed by atoms with Gasteiger partial charge in [-0.1, -0.05) is 120 Å². The van der Waals surface area contributed by atoms with Crippen molar-refractivity contribution < 1.29 is 0 Å². The first-order valence-electron chi connectivity index (χ1n) is 14.7. The van der Waals surface area contributed by atoms with E-state index in [0.29, 0.717) is 0 Å². The second-order valence-electron chi connectivity index (χ2n) is 13.5. The summed E-state index contributed by atoms with van der Waals surface area (Å²) in [5.41, 5.74) is 14.3. The van der Waals surface area contributed by atoms with E-state index in [2.05, 4.69) is 166 Å². The molecule has 2 aliphatic heterocycles. The van der Waals surface area contributed by atoms with Crippen LogP contribution in [-0.4, -0.2) is 6.98 Å². The van der Waals surface area contributed by atoms with E-state index in [1.165, 1.54) is 61.6 Å². The van der Waals surface area contributed by atoms with E-state index in [1.54, 1.807) is 0 Å². The summed E-state index contributed by atoms with van der Waals surface area (Å²) in [5, 5.41) is 0. The van der Waals surface area contributed by atoms with Gasteiger partial charge in [0.05, 0.1) is 0 Å². The largest absolute Gasteiger partial charge is 0.421 e. The number of anilines is 4. The summed E-state index contributed by atoms with van der Waals surface area (Å²) in [6.07, 6.45) is 0. The Labute approximate surface area is 245 Å². The zero-order chi connectivity index (χ0) is 28.5. The first kappa shape index (κ1) is 25.7. The molecular weight excluding hydrogens is 495 g/mol. The molecule has 0 atom stereocenters. The predicted octanol–water partition coefficient (Wildman–Crippen LogP) is 9.61. The fourth-order valence-corrected chi connectivity index (χ4v) is 6.58. The van der Waals surface area contributed by atoms with E-state index in [9.17, 15) is 0 Å². The summed E-state index contributed by atoms with van der Waals surface area (Å²) in [6, 6.07) is 43.1. The van der Waals surface area contributed by atoms with Crippen LogP contribution >= 0.6 is 0 Å². The van der Waals surface area contributed by atoms with Gasteiger partial charge in [-0.05, 0) is 74.9 Å². The Bertz CT molecular complexity index is 1630. The van der Waals surface area contributed by atoms with Crippen LogP contribution in [0.15, 0.2) is 115 Å². The normalized spacial score (nSPS) is 14.0. The molecule has 0 fully saturated rings. The topological polar surface area (TPSA) is 6.48 Å². The van der Waals surface area contributed by atoms with Crippen LogP contribution in [0.5, 0.6) is 0 Å². The lowest BCUT2D eigenvalue weighted by molar-refractivity contribution is 0.590. The predicted molar refractivity (Wildman–Crippen MR) is 177 cm³/mol. The summed E-state index contributed by atoms with van der Waals surface area (Å²) >= 11 is 0. The lowest BCUT2D eigenvalue weighted by Crippen LogP contribution is -2.61. The van der Waals surface area contributed by atoms with Gasteiger partial charge in [0.15, 0.2) is 0 Å². The molecule has 0 radical (unpaired) electrons. The highest BCUT2D eigenvalue weighted by molar-refractivity contribution is 6.86. The van der Waals surface area contributed by atoms with Gasteiger partial charge in [-0.15, -0.1) is 0 Å². The zero-order valence-electron chi connectivity index (χ0n) is 24.9. The van der Waals surface area contributed by atoms with Gasteiger partial charge < -0.3 is 9.62 Å². The van der Waals surface area contributed by atoms with Crippen LogP contribution in [0, 0.1) is 0 Å². The molecule has 0 bridgehead atoms. The Hall–Kier alpha value is -4.24. The Morgan fingerprint density at radius 2 is 0.780 bits per heavy atom. The summed E-state index contributed by atoms with van der Waals surface area (Å²) < 4.78 is 0. The molecule has 2 aliphatic rings. The maximum absolute atomic E-state index is 2.56. The number of fused-ring (bicyclic) bond motifs is 4. The fourth-order valence-electron chi connectivity index (χ4n) is 6.58. The van der Waals surface area contributed by atoms with Crippen LogP contribution in [0.3, 0.4) is 0 Å². The SMILES string of the molecule is CC(C)(C)c1ccc(N2B3c4c(cccc4-c4ccccc4N3c3ccc(C(C)(C)C)cc3)-c3ccccc32)cc1. The Balaban J connectivity index is 1.51. The third-order valence-electron chi connectivity index (χ3n) is 8.78. The van der Waals surface area contributed by atoms with Crippen molar-refractivity contribution in [1.29, 1.82) is 0 Å². The van der Waals surface area contributed by atoms with Gasteiger partial charge in [0, 0.05) is 33.9 Å². The van der Waals surface area contributed by atoms with Crippen LogP contribution in [0.25, 0.3) is 22.3 Å². The molecule has 0 amide bonds. The lowest BCUT2D eigenvalue weighted by Gasteiger charge is -2.47. The molecule has 0 unspecified atom stereocenters. The minimum absolute atomic E-state index is 0.0352. The van der Waals surface area contributed by atoms with Gasteiger partial charge in [0.1, 0.15) is 0 Å². The number of rotatable bonds is 2. The fraction of sp³-hybridized carbons (Fsp3) is 0.211. The monoisotopic (exact) mass is 532 g/mol. The Morgan fingerprint density at radius 3 is 1.17 bits per heavy atom. The van der Waals surface area contributed by atoms with Crippen LogP contribution < -0.4 is 15.1 Å². The lowest BCUT2D eigenvalue weighted by atomic mass is 9.53. The van der Waals surface area contributed by atoms with Gasteiger partial charge in [0.2, 0.25) is 0 Å². The zero-order valence-corrected chi connectivity index (χ0v) is 24.9. The molecule has 2 heterocycles. The first-order valence-corrected chi connectivity index (χ1v) is 14.7. The molecule has 0 saturated heterocycles. The highest BCUT2D eigenvalue weighted by Gasteiger charge is 2.46. The number of para-hydroxylation sites is 2. The van der Waals surface area contributed by atoms with Crippen molar-refractivity contribution in [3.05, 3.63) is 126 Å². The Morgan fingerprint density at radius 1 is 0.415 bits per heavy atom. The maximum Gasteiger partial charge on any atom is 0.421 e. The first-order chi connectivity index (χ1) is 19.6. The number of hydrogen-bond acceptors (Lipinski definition) is 2. The molecule has 0 saturated carbocycles. The van der Waals surface area contributed by atoms with Crippen molar-refractivity contribution in [2.75, 3.05) is 9.62 Å². The standard InChI is InChI=1S/C38H37BN2/c1-37(2,3)26-18-22-28(23-19-26)40-34-16-9-7-12-30(34)32-14-11-15-33-31-13-8-10-17-35(31)41(39(40)36(32)33)29-24-20-27(21-25-29)38(4,5)6/h7-25H,1-6H3.